The van der Waals surface area contributed by atoms with Gasteiger partial charge in [0.25, 0.3) is 0 Å². The van der Waals surface area contributed by atoms with Crippen molar-refractivity contribution >= 4 is 17.5 Å². The number of carbonyl (C=O) groups excluding carboxylic acids is 1. The Labute approximate surface area is 135 Å². The first kappa shape index (κ1) is 17.3. The molecule has 0 amide bonds. The lowest BCUT2D eigenvalue weighted by Gasteiger charge is -2.13. The van der Waals surface area contributed by atoms with Gasteiger partial charge in [0.15, 0.2) is 0 Å². The zero-order valence-corrected chi connectivity index (χ0v) is 13.5. The van der Waals surface area contributed by atoms with Crippen molar-refractivity contribution in [3.05, 3.63) is 52.7 Å². The number of hydrogen-bond acceptors (Lipinski definition) is 4. The molecule has 1 aromatic carbocycles. The molecule has 1 heterocycles. The summed E-state index contributed by atoms with van der Waals surface area (Å²) < 4.78 is 44.3. The molecule has 0 N–H and O–H groups in total. The lowest BCUT2D eigenvalue weighted by molar-refractivity contribution is -0.139. The molecule has 0 saturated heterocycles. The summed E-state index contributed by atoms with van der Waals surface area (Å²) in [7, 11) is 1.42. The van der Waals surface area contributed by atoms with Gasteiger partial charge in [-0.15, -0.1) is 11.8 Å². The third-order valence-electron chi connectivity index (χ3n) is 3.24. The smallest absolute Gasteiger partial charge is 0.417 e. The minimum absolute atomic E-state index is 0.0393. The normalized spacial score (nSPS) is 11.4. The molecule has 0 aliphatic carbocycles. The summed E-state index contributed by atoms with van der Waals surface area (Å²) in [6, 6.07) is 6.64. The predicted octanol–water partition coefficient (Wildman–Crippen LogP) is 4.37. The predicted molar refractivity (Wildman–Crippen MR) is 82.2 cm³/mol. The van der Waals surface area contributed by atoms with Gasteiger partial charge in [0.05, 0.1) is 12.7 Å². The molecule has 0 saturated carbocycles. The van der Waals surface area contributed by atoms with Gasteiger partial charge >= 0.3 is 6.18 Å². The van der Waals surface area contributed by atoms with Crippen LogP contribution in [0, 0.1) is 6.92 Å². The highest BCUT2D eigenvalue weighted by Crippen LogP contribution is 2.36. The molecule has 2 rings (SSSR count). The standard InChI is InChI=1S/C16H14F3NO2S/c1-9-4-6-12(20-15(9)22-2)14(21)10-5-7-13(23-3)11(8-10)16(17,18)19/h4-8H,1-3H3. The zero-order valence-electron chi connectivity index (χ0n) is 12.7. The van der Waals surface area contributed by atoms with Crippen molar-refractivity contribution in [3.63, 3.8) is 0 Å². The zero-order chi connectivity index (χ0) is 17.2. The maximum Gasteiger partial charge on any atom is 0.417 e. The third-order valence-corrected chi connectivity index (χ3v) is 4.04. The fourth-order valence-corrected chi connectivity index (χ4v) is 2.66. The number of methoxy groups -OCH3 is 1. The van der Waals surface area contributed by atoms with Gasteiger partial charge in [-0.3, -0.25) is 4.79 Å². The van der Waals surface area contributed by atoms with Gasteiger partial charge in [-0.25, -0.2) is 4.98 Å². The van der Waals surface area contributed by atoms with Crippen LogP contribution in [0.25, 0.3) is 0 Å². The number of hydrogen-bond donors (Lipinski definition) is 0. The van der Waals surface area contributed by atoms with Gasteiger partial charge in [-0.2, -0.15) is 13.2 Å². The van der Waals surface area contributed by atoms with Crippen LogP contribution in [0.1, 0.15) is 27.2 Å². The number of aryl methyl sites for hydroxylation is 1. The number of halogens is 3. The van der Waals surface area contributed by atoms with E-state index in [-0.39, 0.29) is 22.0 Å². The largest absolute Gasteiger partial charge is 0.481 e. The highest BCUT2D eigenvalue weighted by molar-refractivity contribution is 7.98. The van der Waals surface area contributed by atoms with Gasteiger partial charge in [-0.1, -0.05) is 6.07 Å². The first-order chi connectivity index (χ1) is 10.8. The molecular formula is C16H14F3NO2S. The fraction of sp³-hybridized carbons (Fsp3) is 0.250. The average Bonchev–Trinajstić information content (AvgIpc) is 2.53. The number of ketones is 1. The van der Waals surface area contributed by atoms with E-state index in [1.807, 2.05) is 0 Å². The van der Waals surface area contributed by atoms with Gasteiger partial charge in [0.1, 0.15) is 5.69 Å². The first-order valence-corrected chi connectivity index (χ1v) is 7.82. The molecular weight excluding hydrogens is 327 g/mol. The molecule has 23 heavy (non-hydrogen) atoms. The second-order valence-electron chi connectivity index (χ2n) is 4.76. The Hall–Kier alpha value is -2.02. The van der Waals surface area contributed by atoms with Crippen molar-refractivity contribution in [1.29, 1.82) is 0 Å². The summed E-state index contributed by atoms with van der Waals surface area (Å²) in [5, 5.41) is 0. The van der Waals surface area contributed by atoms with Crippen LogP contribution in [-0.4, -0.2) is 24.1 Å². The number of alkyl halides is 3. The lowest BCUT2D eigenvalue weighted by atomic mass is 10.0. The molecule has 0 atom stereocenters. The average molecular weight is 341 g/mol. The van der Waals surface area contributed by atoms with Gasteiger partial charge in [0.2, 0.25) is 11.7 Å². The number of pyridine rings is 1. The van der Waals surface area contributed by atoms with E-state index < -0.39 is 17.5 Å². The Morgan fingerprint density at radius 3 is 2.48 bits per heavy atom. The van der Waals surface area contributed by atoms with Gasteiger partial charge in [0, 0.05) is 16.0 Å². The second-order valence-corrected chi connectivity index (χ2v) is 5.61. The number of benzene rings is 1. The van der Waals surface area contributed by atoms with E-state index in [0.29, 0.717) is 0 Å². The van der Waals surface area contributed by atoms with Crippen LogP contribution in [0.15, 0.2) is 35.2 Å². The molecule has 0 aliphatic rings. The Morgan fingerprint density at radius 1 is 1.22 bits per heavy atom. The summed E-state index contributed by atoms with van der Waals surface area (Å²) in [6.07, 6.45) is -2.97. The Kier molecular flexibility index (Phi) is 4.99. The Morgan fingerprint density at radius 2 is 1.91 bits per heavy atom. The van der Waals surface area contributed by atoms with Crippen LogP contribution in [-0.2, 0) is 6.18 Å². The van der Waals surface area contributed by atoms with Crippen molar-refractivity contribution < 1.29 is 22.7 Å². The Balaban J connectivity index is 2.48. The molecule has 0 bridgehead atoms. The number of nitrogens with zero attached hydrogens (tertiary/aromatic N) is 1. The van der Waals surface area contributed by atoms with E-state index in [0.717, 1.165) is 23.4 Å². The molecule has 0 radical (unpaired) electrons. The molecule has 0 unspecified atom stereocenters. The fourth-order valence-electron chi connectivity index (χ4n) is 2.06. The topological polar surface area (TPSA) is 39.2 Å². The van der Waals surface area contributed by atoms with E-state index in [2.05, 4.69) is 4.98 Å². The van der Waals surface area contributed by atoms with E-state index in [9.17, 15) is 18.0 Å². The highest BCUT2D eigenvalue weighted by Gasteiger charge is 2.34. The van der Waals surface area contributed by atoms with Gasteiger partial charge < -0.3 is 4.74 Å². The van der Waals surface area contributed by atoms with E-state index >= 15 is 0 Å². The van der Waals surface area contributed by atoms with E-state index in [1.165, 1.54) is 25.3 Å². The number of thioether (sulfide) groups is 1. The van der Waals surface area contributed by atoms with Crippen molar-refractivity contribution in [2.75, 3.05) is 13.4 Å². The molecule has 2 aromatic rings. The van der Waals surface area contributed by atoms with Crippen LogP contribution in [0.3, 0.4) is 0 Å². The minimum atomic E-state index is -4.52. The summed E-state index contributed by atoms with van der Waals surface area (Å²) >= 11 is 0.980. The third kappa shape index (κ3) is 3.67. The minimum Gasteiger partial charge on any atom is -0.481 e. The van der Waals surface area contributed by atoms with Crippen LogP contribution >= 0.6 is 11.8 Å². The number of ether oxygens (including phenoxy) is 1. The summed E-state index contributed by atoms with van der Waals surface area (Å²) in [4.78, 5) is 16.5. The van der Waals surface area contributed by atoms with Crippen molar-refractivity contribution in [2.24, 2.45) is 0 Å². The highest BCUT2D eigenvalue weighted by atomic mass is 32.2. The Bertz CT molecular complexity index is 745. The summed E-state index contributed by atoms with van der Waals surface area (Å²) in [5.74, 6) is -0.311. The van der Waals surface area contributed by atoms with Crippen molar-refractivity contribution in [1.82, 2.24) is 4.98 Å². The monoisotopic (exact) mass is 341 g/mol. The molecule has 7 heteroatoms. The second kappa shape index (κ2) is 6.62. The molecule has 0 spiro atoms. The van der Waals surface area contributed by atoms with E-state index in [1.54, 1.807) is 19.2 Å². The van der Waals surface area contributed by atoms with Crippen molar-refractivity contribution in [2.45, 2.75) is 18.0 Å². The van der Waals surface area contributed by atoms with Crippen LogP contribution in [0.5, 0.6) is 5.88 Å². The first-order valence-electron chi connectivity index (χ1n) is 6.59. The number of aromatic nitrogens is 1. The number of carbonyl (C=O) groups is 1. The lowest BCUT2D eigenvalue weighted by Crippen LogP contribution is -2.11. The molecule has 3 nitrogen and oxygen atoms in total. The quantitative estimate of drug-likeness (QED) is 0.611. The van der Waals surface area contributed by atoms with Crippen LogP contribution in [0.2, 0.25) is 0 Å². The van der Waals surface area contributed by atoms with Crippen LogP contribution < -0.4 is 4.74 Å². The SMILES string of the molecule is COc1nc(C(=O)c2ccc(SC)c(C(F)(F)F)c2)ccc1C. The summed E-state index contributed by atoms with van der Waals surface area (Å²) in [5.41, 5.74) is -0.112. The van der Waals surface area contributed by atoms with Gasteiger partial charge in [-0.05, 0) is 37.4 Å². The molecule has 1 aromatic heterocycles. The maximum atomic E-state index is 13.1. The molecule has 0 aliphatic heterocycles. The van der Waals surface area contributed by atoms with Crippen LogP contribution in [0.4, 0.5) is 13.2 Å². The van der Waals surface area contributed by atoms with E-state index in [4.69, 9.17) is 4.74 Å². The van der Waals surface area contributed by atoms with Crippen molar-refractivity contribution in [3.8, 4) is 5.88 Å². The maximum absolute atomic E-state index is 13.1. The number of rotatable bonds is 4. The summed E-state index contributed by atoms with van der Waals surface area (Å²) in [6.45, 7) is 1.76. The molecule has 0 fully saturated rings. The molecule has 122 valence electrons.